The number of fused-ring (bicyclic) bond motifs is 3. The van der Waals surface area contributed by atoms with Crippen LogP contribution in [-0.2, 0) is 0 Å². The van der Waals surface area contributed by atoms with Gasteiger partial charge in [0.05, 0.1) is 13.7 Å². The Morgan fingerprint density at radius 3 is 1.22 bits per heavy atom. The van der Waals surface area contributed by atoms with Crippen molar-refractivity contribution in [1.82, 2.24) is 0 Å². The normalized spacial score (nSPS) is 14.0. The van der Waals surface area contributed by atoms with Crippen molar-refractivity contribution in [3.8, 4) is 44.5 Å². The number of hydrogen-bond acceptors (Lipinski definition) is 2. The summed E-state index contributed by atoms with van der Waals surface area (Å²) < 4.78 is 85.2. The molecule has 236 valence electrons. The van der Waals surface area contributed by atoms with Crippen molar-refractivity contribution < 1.29 is 13.7 Å². The lowest BCUT2D eigenvalue weighted by atomic mass is 9.99. The van der Waals surface area contributed by atoms with Crippen LogP contribution in [0.1, 0.15) is 13.7 Å². The minimum Gasteiger partial charge on any atom is -0.311 e. The van der Waals surface area contributed by atoms with Crippen molar-refractivity contribution >= 4 is 48.6 Å². The van der Waals surface area contributed by atoms with Crippen LogP contribution in [0.2, 0.25) is 0 Å². The maximum Gasteiger partial charge on any atom is 0.0629 e. The van der Waals surface area contributed by atoms with Crippen molar-refractivity contribution in [2.75, 3.05) is 4.90 Å². The second-order valence-corrected chi connectivity index (χ2v) is 12.9. The van der Waals surface area contributed by atoms with E-state index in [0.717, 1.165) is 27.9 Å². The molecule has 1 aromatic heterocycles. The molecule has 0 bridgehead atoms. The van der Waals surface area contributed by atoms with Crippen LogP contribution in [0.25, 0.3) is 64.7 Å². The molecule has 0 aliphatic rings. The van der Waals surface area contributed by atoms with Crippen LogP contribution in [0.3, 0.4) is 0 Å². The second-order valence-electron chi connectivity index (χ2n) is 11.9. The van der Waals surface area contributed by atoms with Crippen LogP contribution in [0, 0.1) is 0 Å². The van der Waals surface area contributed by atoms with Crippen molar-refractivity contribution in [2.24, 2.45) is 0 Å². The molecule has 0 unspecified atom stereocenters. The number of rotatable bonds is 7. The Hall–Kier alpha value is -6.22. The van der Waals surface area contributed by atoms with Gasteiger partial charge in [-0.15, -0.1) is 11.3 Å². The zero-order chi connectivity index (χ0) is 42.0. The van der Waals surface area contributed by atoms with Crippen molar-refractivity contribution in [2.45, 2.75) is 0 Å². The van der Waals surface area contributed by atoms with Crippen LogP contribution in [0.4, 0.5) is 17.1 Å². The summed E-state index contributed by atoms with van der Waals surface area (Å²) in [5.41, 5.74) is 7.72. The first-order valence-corrected chi connectivity index (χ1v) is 17.0. The van der Waals surface area contributed by atoms with E-state index in [2.05, 4.69) is 66.7 Å². The molecule has 0 radical (unpaired) electrons. The van der Waals surface area contributed by atoms with E-state index in [1.807, 2.05) is 53.4 Å². The maximum atomic E-state index is 8.49. The first kappa shape index (κ1) is 21.0. The standard InChI is InChI=1S/C48H33NS/c1-3-9-34(10-4-1)37-19-26-42(27-20-37)49(43-28-21-38(22-29-43)35-11-5-2-6-12-35)44-30-23-39(24-31-44)36-15-17-40(18-16-36)41-25-32-48-46(33-41)45-13-7-8-14-47(45)50-48/h1-33H/i1D,2D,3D,4D,5D,6D,9D,10D,11D,12D. The smallest absolute Gasteiger partial charge is 0.0629 e. The summed E-state index contributed by atoms with van der Waals surface area (Å²) in [6.45, 7) is 0. The van der Waals surface area contributed by atoms with E-state index in [1.54, 1.807) is 35.6 Å². The van der Waals surface area contributed by atoms with E-state index in [1.165, 1.54) is 20.2 Å². The van der Waals surface area contributed by atoms with Gasteiger partial charge in [0.1, 0.15) is 0 Å². The van der Waals surface area contributed by atoms with Crippen LogP contribution in [0.5, 0.6) is 0 Å². The van der Waals surface area contributed by atoms with Crippen LogP contribution in [-0.4, -0.2) is 0 Å². The largest absolute Gasteiger partial charge is 0.311 e. The Labute approximate surface area is 311 Å². The highest BCUT2D eigenvalue weighted by atomic mass is 32.1. The molecule has 0 aliphatic carbocycles. The lowest BCUT2D eigenvalue weighted by Gasteiger charge is -2.26. The molecule has 0 atom stereocenters. The first-order valence-electron chi connectivity index (χ1n) is 21.2. The zero-order valence-corrected chi connectivity index (χ0v) is 27.5. The molecule has 8 aromatic carbocycles. The van der Waals surface area contributed by atoms with Crippen molar-refractivity contribution in [3.63, 3.8) is 0 Å². The van der Waals surface area contributed by atoms with Gasteiger partial charge in [0.15, 0.2) is 0 Å². The van der Waals surface area contributed by atoms with Gasteiger partial charge in [-0.25, -0.2) is 0 Å². The van der Waals surface area contributed by atoms with Gasteiger partial charge in [-0.2, -0.15) is 0 Å². The fourth-order valence-corrected chi connectivity index (χ4v) is 7.44. The number of anilines is 3. The number of nitrogens with zero attached hydrogens (tertiary/aromatic N) is 1. The Morgan fingerprint density at radius 2 is 0.720 bits per heavy atom. The summed E-state index contributed by atoms with van der Waals surface area (Å²) in [5, 5.41) is 2.52. The monoisotopic (exact) mass is 665 g/mol. The predicted octanol–water partition coefficient (Wildman–Crippen LogP) is 14.2. The lowest BCUT2D eigenvalue weighted by molar-refractivity contribution is 1.28. The zero-order valence-electron chi connectivity index (χ0n) is 36.6. The molecule has 9 aromatic rings. The first-order chi connectivity index (χ1) is 28.9. The second kappa shape index (κ2) is 13.0. The predicted molar refractivity (Wildman–Crippen MR) is 216 cm³/mol. The van der Waals surface area contributed by atoms with Crippen LogP contribution >= 0.6 is 11.3 Å². The molecule has 9 rings (SSSR count). The van der Waals surface area contributed by atoms with Gasteiger partial charge in [0.2, 0.25) is 0 Å². The molecule has 0 spiro atoms. The highest BCUT2D eigenvalue weighted by Gasteiger charge is 2.14. The maximum absolute atomic E-state index is 8.49. The minimum atomic E-state index is -0.451. The van der Waals surface area contributed by atoms with E-state index >= 15 is 0 Å². The van der Waals surface area contributed by atoms with Gasteiger partial charge in [-0.3, -0.25) is 0 Å². The fourth-order valence-electron chi connectivity index (χ4n) is 6.35. The van der Waals surface area contributed by atoms with Gasteiger partial charge in [0, 0.05) is 37.2 Å². The third-order valence-corrected chi connectivity index (χ3v) is 10.0. The van der Waals surface area contributed by atoms with E-state index in [-0.39, 0.29) is 35.3 Å². The topological polar surface area (TPSA) is 3.24 Å². The Balaban J connectivity index is 1.07. The summed E-state index contributed by atoms with van der Waals surface area (Å²) in [4.78, 5) is 1.99. The molecular weight excluding hydrogens is 623 g/mol. The molecule has 2 heteroatoms. The number of hydrogen-bond donors (Lipinski definition) is 0. The van der Waals surface area contributed by atoms with E-state index < -0.39 is 36.3 Å². The van der Waals surface area contributed by atoms with Gasteiger partial charge in [0.25, 0.3) is 0 Å². The molecule has 0 saturated heterocycles. The highest BCUT2D eigenvalue weighted by Crippen LogP contribution is 2.39. The average molecular weight is 666 g/mol. The van der Waals surface area contributed by atoms with E-state index in [9.17, 15) is 0 Å². The summed E-state index contributed by atoms with van der Waals surface area (Å²) in [6, 6.07) is 42.3. The van der Waals surface area contributed by atoms with Gasteiger partial charge in [-0.05, 0) is 99.1 Å². The molecule has 0 N–H and O–H groups in total. The molecule has 1 heterocycles. The van der Waals surface area contributed by atoms with Gasteiger partial charge in [-0.1, -0.05) is 145 Å². The number of thiophene rings is 1. The third kappa shape index (κ3) is 5.77. The fraction of sp³-hybridized carbons (Fsp3) is 0. The minimum absolute atomic E-state index is 0.109. The third-order valence-electron chi connectivity index (χ3n) is 8.88. The molecule has 0 saturated carbocycles. The van der Waals surface area contributed by atoms with Crippen LogP contribution in [0.15, 0.2) is 200 Å². The average Bonchev–Trinajstić information content (AvgIpc) is 3.66. The number of benzene rings is 8. The van der Waals surface area contributed by atoms with Gasteiger partial charge < -0.3 is 4.90 Å². The van der Waals surface area contributed by atoms with Crippen molar-refractivity contribution in [1.29, 1.82) is 0 Å². The summed E-state index contributed by atoms with van der Waals surface area (Å²) in [5.74, 6) is 0. The Kier molecular flexibility index (Phi) is 5.46. The summed E-state index contributed by atoms with van der Waals surface area (Å²) >= 11 is 1.80. The van der Waals surface area contributed by atoms with E-state index in [4.69, 9.17) is 13.7 Å². The Bertz CT molecular complexity index is 2950. The molecule has 0 fully saturated rings. The summed E-state index contributed by atoms with van der Waals surface area (Å²) in [6.07, 6.45) is 0. The quantitative estimate of drug-likeness (QED) is 0.164. The lowest BCUT2D eigenvalue weighted by Crippen LogP contribution is -2.09. The van der Waals surface area contributed by atoms with E-state index in [0.29, 0.717) is 22.5 Å². The Morgan fingerprint density at radius 1 is 0.340 bits per heavy atom. The molecule has 50 heavy (non-hydrogen) atoms. The molecular formula is C48H33NS. The summed E-state index contributed by atoms with van der Waals surface area (Å²) in [7, 11) is 0. The SMILES string of the molecule is [2H]c1c([2H])c([2H])c(-c2ccc(N(c3ccc(-c4ccc(-c5ccc6sc7ccccc7c6c5)cc4)cc3)c3ccc(-c4c([2H])c([2H])c([2H])c([2H])c4[2H])cc3)cc2)c([2H])c1[2H]. The van der Waals surface area contributed by atoms with Gasteiger partial charge >= 0.3 is 0 Å². The highest BCUT2D eigenvalue weighted by molar-refractivity contribution is 7.25. The molecule has 0 amide bonds. The van der Waals surface area contributed by atoms with Crippen molar-refractivity contribution in [3.05, 3.63) is 200 Å². The molecule has 0 aliphatic heterocycles. The molecule has 1 nitrogen and oxygen atoms in total. The van der Waals surface area contributed by atoms with Crippen LogP contribution < -0.4 is 4.90 Å².